The number of carbonyl (C=O) groups excluding carboxylic acids is 1. The Balaban J connectivity index is 1.52. The number of aromatic nitrogens is 2. The summed E-state index contributed by atoms with van der Waals surface area (Å²) in [6.45, 7) is 10.6. The molecule has 0 spiro atoms. The van der Waals surface area contributed by atoms with Crippen molar-refractivity contribution in [1.29, 1.82) is 0 Å². The molecule has 8 heteroatoms. The number of nitrogens with zero attached hydrogens (tertiary/aromatic N) is 3. The summed E-state index contributed by atoms with van der Waals surface area (Å²) in [7, 11) is 0. The van der Waals surface area contributed by atoms with Gasteiger partial charge in [0, 0.05) is 24.1 Å². The van der Waals surface area contributed by atoms with E-state index in [9.17, 15) is 14.9 Å². The van der Waals surface area contributed by atoms with Crippen LogP contribution in [0.25, 0.3) is 22.4 Å². The topological polar surface area (TPSA) is 101 Å². The predicted molar refractivity (Wildman–Crippen MR) is 152 cm³/mol. The molecule has 3 aromatic rings. The Labute approximate surface area is 229 Å². The van der Waals surface area contributed by atoms with Crippen LogP contribution in [0.4, 0.5) is 10.5 Å². The summed E-state index contributed by atoms with van der Waals surface area (Å²) in [6.07, 6.45) is 7.07. The first-order valence-corrected chi connectivity index (χ1v) is 14.1. The molecule has 2 heterocycles. The van der Waals surface area contributed by atoms with E-state index in [1.165, 1.54) is 5.56 Å². The largest absolute Gasteiger partial charge is 0.444 e. The van der Waals surface area contributed by atoms with Crippen LogP contribution < -0.4 is 0 Å². The van der Waals surface area contributed by atoms with Crippen molar-refractivity contribution in [1.82, 2.24) is 14.9 Å². The molecule has 1 saturated heterocycles. The summed E-state index contributed by atoms with van der Waals surface area (Å²) in [6, 6.07) is 11.7. The van der Waals surface area contributed by atoms with E-state index in [0.29, 0.717) is 6.54 Å². The highest BCUT2D eigenvalue weighted by molar-refractivity contribution is 5.84. The number of amides is 1. The molecule has 2 aliphatic rings. The maximum Gasteiger partial charge on any atom is 0.410 e. The Morgan fingerprint density at radius 1 is 1.13 bits per heavy atom. The van der Waals surface area contributed by atoms with Crippen molar-refractivity contribution >= 4 is 11.8 Å². The van der Waals surface area contributed by atoms with Crippen molar-refractivity contribution in [2.45, 2.75) is 90.2 Å². The summed E-state index contributed by atoms with van der Waals surface area (Å²) in [5.74, 6) is 0.765. The van der Waals surface area contributed by atoms with Crippen molar-refractivity contribution in [2.24, 2.45) is 0 Å². The quantitative estimate of drug-likeness (QED) is 0.247. The molecule has 0 radical (unpaired) electrons. The van der Waals surface area contributed by atoms with Crippen LogP contribution in [-0.4, -0.2) is 38.0 Å². The third-order valence-corrected chi connectivity index (χ3v) is 8.01. The van der Waals surface area contributed by atoms with Gasteiger partial charge in [-0.2, -0.15) is 0 Å². The highest BCUT2D eigenvalue weighted by atomic mass is 16.6. The van der Waals surface area contributed by atoms with Crippen LogP contribution in [-0.2, 0) is 10.2 Å². The number of nitrogens with one attached hydrogen (secondary N) is 1. The average molecular weight is 531 g/mol. The van der Waals surface area contributed by atoms with Crippen LogP contribution in [0.2, 0.25) is 0 Å². The molecule has 2 aromatic carbocycles. The number of nitro benzene ring substituents is 1. The van der Waals surface area contributed by atoms with Crippen molar-refractivity contribution < 1.29 is 14.5 Å². The minimum atomic E-state index is -0.551. The van der Waals surface area contributed by atoms with Crippen LogP contribution in [0.1, 0.15) is 96.1 Å². The summed E-state index contributed by atoms with van der Waals surface area (Å²) < 4.78 is 5.64. The molecule has 39 heavy (non-hydrogen) atoms. The maximum atomic E-state index is 12.8. The van der Waals surface area contributed by atoms with E-state index in [1.807, 2.05) is 33.0 Å². The zero-order chi connectivity index (χ0) is 27.9. The molecule has 1 aromatic heterocycles. The minimum absolute atomic E-state index is 0.141. The highest BCUT2D eigenvalue weighted by Crippen LogP contribution is 2.55. The monoisotopic (exact) mass is 530 g/mol. The van der Waals surface area contributed by atoms with Crippen LogP contribution >= 0.6 is 0 Å². The summed E-state index contributed by atoms with van der Waals surface area (Å²) in [5.41, 5.74) is 5.78. The molecule has 1 atom stereocenters. The van der Waals surface area contributed by atoms with E-state index in [-0.39, 0.29) is 28.2 Å². The Hall–Kier alpha value is -3.68. The van der Waals surface area contributed by atoms with Gasteiger partial charge in [-0.1, -0.05) is 38.8 Å². The third-order valence-electron chi connectivity index (χ3n) is 8.01. The number of carbonyl (C=O) groups is 1. The maximum absolute atomic E-state index is 12.8. The fraction of sp³-hybridized carbons (Fsp3) is 0.484. The molecule has 1 N–H and O–H groups in total. The van der Waals surface area contributed by atoms with Crippen molar-refractivity contribution in [3.8, 4) is 22.4 Å². The van der Waals surface area contributed by atoms with E-state index in [2.05, 4.69) is 37.0 Å². The van der Waals surface area contributed by atoms with Gasteiger partial charge in [-0.25, -0.2) is 9.78 Å². The number of aromatic amines is 1. The van der Waals surface area contributed by atoms with Gasteiger partial charge >= 0.3 is 6.09 Å². The first kappa shape index (κ1) is 26.9. The van der Waals surface area contributed by atoms with Crippen molar-refractivity contribution in [3.05, 3.63) is 69.7 Å². The van der Waals surface area contributed by atoms with Gasteiger partial charge in [-0.05, 0) is 86.4 Å². The number of non-ortho nitro benzene ring substituents is 1. The Bertz CT molecular complexity index is 1400. The van der Waals surface area contributed by atoms with Gasteiger partial charge in [0.15, 0.2) is 0 Å². The lowest BCUT2D eigenvalue weighted by molar-refractivity contribution is -0.384. The van der Waals surface area contributed by atoms with E-state index in [0.717, 1.165) is 72.3 Å². The van der Waals surface area contributed by atoms with Gasteiger partial charge in [0.05, 0.1) is 22.9 Å². The van der Waals surface area contributed by atoms with Crippen LogP contribution in [0.5, 0.6) is 0 Å². The molecule has 1 aliphatic heterocycles. The van der Waals surface area contributed by atoms with E-state index in [1.54, 1.807) is 17.0 Å². The third kappa shape index (κ3) is 4.81. The SMILES string of the molecule is CCCC1(CCC)c2cc(-c3cnc([C@@H]4CCCN4C(=O)OC(C)(C)C)[nH]3)ccc2-c2ccc([N+](=O)[O-])cc21. The molecule has 1 fully saturated rings. The first-order chi connectivity index (χ1) is 18.6. The Kier molecular flexibility index (Phi) is 6.99. The first-order valence-electron chi connectivity index (χ1n) is 14.1. The second-order valence-corrected chi connectivity index (χ2v) is 11.8. The second-order valence-electron chi connectivity index (χ2n) is 11.8. The molecule has 0 saturated carbocycles. The van der Waals surface area contributed by atoms with Gasteiger partial charge in [-0.3, -0.25) is 15.0 Å². The molecular weight excluding hydrogens is 492 g/mol. The number of ether oxygens (including phenoxy) is 1. The number of hydrogen-bond acceptors (Lipinski definition) is 5. The summed E-state index contributed by atoms with van der Waals surface area (Å²) in [5, 5.41) is 11.6. The summed E-state index contributed by atoms with van der Waals surface area (Å²) >= 11 is 0. The smallest absolute Gasteiger partial charge is 0.410 e. The lowest BCUT2D eigenvalue weighted by Crippen LogP contribution is -2.36. The molecule has 5 rings (SSSR count). The van der Waals surface area contributed by atoms with E-state index >= 15 is 0 Å². The van der Waals surface area contributed by atoms with Crippen LogP contribution in [0, 0.1) is 10.1 Å². The molecule has 1 amide bonds. The molecule has 206 valence electrons. The molecule has 8 nitrogen and oxygen atoms in total. The zero-order valence-corrected chi connectivity index (χ0v) is 23.5. The van der Waals surface area contributed by atoms with Crippen LogP contribution in [0.15, 0.2) is 42.6 Å². The molecular formula is C31H38N4O4. The average Bonchev–Trinajstić information content (AvgIpc) is 3.61. The number of likely N-dealkylation sites (tertiary alicyclic amines) is 1. The number of imidazole rings is 1. The zero-order valence-electron chi connectivity index (χ0n) is 23.5. The fourth-order valence-corrected chi connectivity index (χ4v) is 6.52. The molecule has 1 aliphatic carbocycles. The molecule has 0 unspecified atom stereocenters. The Morgan fingerprint density at radius 3 is 2.44 bits per heavy atom. The van der Waals surface area contributed by atoms with Gasteiger partial charge in [0.2, 0.25) is 0 Å². The number of nitro groups is 1. The molecule has 0 bridgehead atoms. The normalized spacial score (nSPS) is 17.7. The number of rotatable bonds is 7. The Morgan fingerprint density at radius 2 is 1.79 bits per heavy atom. The summed E-state index contributed by atoms with van der Waals surface area (Å²) in [4.78, 5) is 34.2. The number of H-pyrrole nitrogens is 1. The number of fused-ring (bicyclic) bond motifs is 3. The fourth-order valence-electron chi connectivity index (χ4n) is 6.52. The highest BCUT2D eigenvalue weighted by Gasteiger charge is 2.43. The van der Waals surface area contributed by atoms with Crippen molar-refractivity contribution in [2.75, 3.05) is 6.54 Å². The standard InChI is InChI=1S/C31H38N4O4/c1-6-14-31(15-7-2)24-17-20(10-12-22(24)23-13-11-21(35(37)38)18-25(23)31)26-19-32-28(33-26)27-9-8-16-34(27)29(36)39-30(3,4)5/h10-13,17-19,27H,6-9,14-16H2,1-5H3,(H,32,33)/t27-/m0/s1. The lowest BCUT2D eigenvalue weighted by atomic mass is 9.71. The van der Waals surface area contributed by atoms with E-state index in [4.69, 9.17) is 9.72 Å². The lowest BCUT2D eigenvalue weighted by Gasteiger charge is -2.32. The number of benzene rings is 2. The number of hydrogen-bond donors (Lipinski definition) is 1. The minimum Gasteiger partial charge on any atom is -0.444 e. The van der Waals surface area contributed by atoms with Gasteiger partial charge in [0.25, 0.3) is 5.69 Å². The second kappa shape index (κ2) is 10.1. The van der Waals surface area contributed by atoms with Gasteiger partial charge in [0.1, 0.15) is 11.4 Å². The van der Waals surface area contributed by atoms with Crippen molar-refractivity contribution in [3.63, 3.8) is 0 Å². The van der Waals surface area contributed by atoms with Crippen LogP contribution in [0.3, 0.4) is 0 Å². The van der Waals surface area contributed by atoms with Gasteiger partial charge < -0.3 is 9.72 Å². The van der Waals surface area contributed by atoms with E-state index < -0.39 is 5.60 Å². The predicted octanol–water partition coefficient (Wildman–Crippen LogP) is 7.92. The van der Waals surface area contributed by atoms with Gasteiger partial charge in [-0.15, -0.1) is 0 Å².